The molecule has 0 saturated carbocycles. The Hall–Kier alpha value is -1.96. The number of hydrogen-bond donors (Lipinski definition) is 2. The van der Waals surface area contributed by atoms with Crippen molar-refractivity contribution in [2.75, 3.05) is 5.32 Å². The van der Waals surface area contributed by atoms with Crippen LogP contribution in [0.5, 0.6) is 0 Å². The monoisotopic (exact) mass is 318 g/mol. The van der Waals surface area contributed by atoms with Gasteiger partial charge in [-0.2, -0.15) is 10.4 Å². The minimum absolute atomic E-state index is 0.258. The van der Waals surface area contributed by atoms with Gasteiger partial charge >= 0.3 is 0 Å². The molecule has 6 heteroatoms. The molecular formula is C15H12Cl2N4. The Morgan fingerprint density at radius 3 is 2.86 bits per heavy atom. The summed E-state index contributed by atoms with van der Waals surface area (Å²) in [6, 6.07) is 7.78. The lowest BCUT2D eigenvalue weighted by atomic mass is 9.83. The Labute approximate surface area is 132 Å². The summed E-state index contributed by atoms with van der Waals surface area (Å²) in [5, 5.41) is 20.8. The fourth-order valence-corrected chi connectivity index (χ4v) is 3.05. The SMILES string of the molecule is CCC1=C(C#N)C(c2cccc(Cl)c2Cl)c2c[nH]nc2N1. The smallest absolute Gasteiger partial charge is 0.156 e. The Morgan fingerprint density at radius 1 is 1.33 bits per heavy atom. The van der Waals surface area contributed by atoms with Crippen LogP contribution in [0, 0.1) is 11.3 Å². The summed E-state index contributed by atoms with van der Waals surface area (Å²) in [5.41, 5.74) is 3.22. The highest BCUT2D eigenvalue weighted by atomic mass is 35.5. The molecule has 1 aliphatic rings. The van der Waals surface area contributed by atoms with Crippen LogP contribution < -0.4 is 5.32 Å². The third-order valence-corrected chi connectivity index (χ3v) is 4.46. The molecule has 2 N–H and O–H groups in total. The standard InChI is InChI=1S/C15H12Cl2N4/c1-2-12-9(6-18)13(10-7-19-21-15(10)20-12)8-4-3-5-11(16)14(8)17/h3-5,7,13H,2H2,1H3,(H2,19,20,21). The largest absolute Gasteiger partial charge is 0.341 e. The maximum absolute atomic E-state index is 9.59. The number of nitrogens with one attached hydrogen (secondary N) is 2. The van der Waals surface area contributed by atoms with Crippen LogP contribution in [0.15, 0.2) is 35.7 Å². The number of aromatic nitrogens is 2. The molecular weight excluding hydrogens is 307 g/mol. The summed E-state index contributed by atoms with van der Waals surface area (Å²) in [7, 11) is 0. The van der Waals surface area contributed by atoms with Crippen LogP contribution in [-0.2, 0) is 0 Å². The van der Waals surface area contributed by atoms with E-state index in [1.165, 1.54) is 0 Å². The molecule has 0 amide bonds. The molecule has 0 aliphatic carbocycles. The van der Waals surface area contributed by atoms with E-state index in [1.54, 1.807) is 12.3 Å². The van der Waals surface area contributed by atoms with E-state index in [1.807, 2.05) is 19.1 Å². The maximum atomic E-state index is 9.59. The fraction of sp³-hybridized carbons (Fsp3) is 0.200. The van der Waals surface area contributed by atoms with Crippen molar-refractivity contribution in [3.8, 4) is 6.07 Å². The molecule has 0 radical (unpaired) electrons. The highest BCUT2D eigenvalue weighted by Crippen LogP contribution is 2.44. The molecule has 1 aliphatic heterocycles. The van der Waals surface area contributed by atoms with Crippen molar-refractivity contribution < 1.29 is 0 Å². The number of fused-ring (bicyclic) bond motifs is 1. The van der Waals surface area contributed by atoms with E-state index >= 15 is 0 Å². The molecule has 1 unspecified atom stereocenters. The normalized spacial score (nSPS) is 17.1. The number of H-pyrrole nitrogens is 1. The number of nitriles is 1. The van der Waals surface area contributed by atoms with Gasteiger partial charge in [0.05, 0.1) is 27.6 Å². The molecule has 106 valence electrons. The molecule has 0 spiro atoms. The number of rotatable bonds is 2. The van der Waals surface area contributed by atoms with Gasteiger partial charge in [0.1, 0.15) is 0 Å². The first-order valence-corrected chi connectivity index (χ1v) is 7.30. The minimum atomic E-state index is -0.258. The van der Waals surface area contributed by atoms with Crippen LogP contribution in [0.3, 0.4) is 0 Å². The average Bonchev–Trinajstić information content (AvgIpc) is 2.96. The van der Waals surface area contributed by atoms with Crippen molar-refractivity contribution in [2.45, 2.75) is 19.3 Å². The van der Waals surface area contributed by atoms with E-state index in [9.17, 15) is 5.26 Å². The first-order valence-electron chi connectivity index (χ1n) is 6.55. The molecule has 1 atom stereocenters. The van der Waals surface area contributed by atoms with E-state index in [0.29, 0.717) is 22.0 Å². The molecule has 0 fully saturated rings. The van der Waals surface area contributed by atoms with Gasteiger partial charge in [0.2, 0.25) is 0 Å². The maximum Gasteiger partial charge on any atom is 0.156 e. The minimum Gasteiger partial charge on any atom is -0.341 e. The van der Waals surface area contributed by atoms with Gasteiger partial charge in [-0.3, -0.25) is 5.10 Å². The molecule has 4 nitrogen and oxygen atoms in total. The first-order chi connectivity index (χ1) is 10.2. The van der Waals surface area contributed by atoms with Crippen molar-refractivity contribution in [3.63, 3.8) is 0 Å². The van der Waals surface area contributed by atoms with Crippen LogP contribution in [-0.4, -0.2) is 10.2 Å². The van der Waals surface area contributed by atoms with Crippen LogP contribution in [0.25, 0.3) is 0 Å². The molecule has 1 aromatic carbocycles. The van der Waals surface area contributed by atoms with Crippen molar-refractivity contribution >= 4 is 29.0 Å². The van der Waals surface area contributed by atoms with E-state index < -0.39 is 0 Å². The number of allylic oxidation sites excluding steroid dienone is 2. The number of benzene rings is 1. The Morgan fingerprint density at radius 2 is 2.14 bits per heavy atom. The summed E-state index contributed by atoms with van der Waals surface area (Å²) >= 11 is 12.5. The van der Waals surface area contributed by atoms with Gasteiger partial charge in [-0.1, -0.05) is 42.3 Å². The highest BCUT2D eigenvalue weighted by Gasteiger charge is 2.32. The molecule has 21 heavy (non-hydrogen) atoms. The Bertz CT molecular complexity index is 770. The van der Waals surface area contributed by atoms with Gasteiger partial charge in [-0.25, -0.2) is 0 Å². The van der Waals surface area contributed by atoms with Gasteiger partial charge in [0, 0.05) is 17.5 Å². The summed E-state index contributed by atoms with van der Waals surface area (Å²) in [6.07, 6.45) is 2.50. The Kier molecular flexibility index (Phi) is 3.62. The van der Waals surface area contributed by atoms with Crippen LogP contribution in [0.2, 0.25) is 10.0 Å². The molecule has 2 aromatic rings. The number of anilines is 1. The second-order valence-electron chi connectivity index (χ2n) is 4.75. The fourth-order valence-electron chi connectivity index (χ4n) is 2.64. The predicted molar refractivity (Wildman–Crippen MR) is 83.4 cm³/mol. The first kappa shape index (κ1) is 14.0. The van der Waals surface area contributed by atoms with Crippen LogP contribution >= 0.6 is 23.2 Å². The third kappa shape index (κ3) is 2.19. The summed E-state index contributed by atoms with van der Waals surface area (Å²) in [6.45, 7) is 1.99. The topological polar surface area (TPSA) is 64.5 Å². The average molecular weight is 319 g/mol. The lowest BCUT2D eigenvalue weighted by molar-refractivity contribution is 0.908. The second kappa shape index (κ2) is 5.44. The van der Waals surface area contributed by atoms with Gasteiger partial charge in [-0.05, 0) is 18.1 Å². The van der Waals surface area contributed by atoms with E-state index in [2.05, 4.69) is 21.6 Å². The number of halogens is 2. The van der Waals surface area contributed by atoms with Crippen molar-refractivity contribution in [1.29, 1.82) is 5.26 Å². The van der Waals surface area contributed by atoms with Crippen LogP contribution in [0.1, 0.15) is 30.4 Å². The molecule has 0 bridgehead atoms. The van der Waals surface area contributed by atoms with E-state index in [0.717, 1.165) is 22.6 Å². The van der Waals surface area contributed by atoms with Gasteiger partial charge < -0.3 is 5.32 Å². The zero-order chi connectivity index (χ0) is 15.0. The molecule has 2 heterocycles. The highest BCUT2D eigenvalue weighted by molar-refractivity contribution is 6.42. The second-order valence-corrected chi connectivity index (χ2v) is 5.53. The quantitative estimate of drug-likeness (QED) is 0.859. The van der Waals surface area contributed by atoms with Crippen LogP contribution in [0.4, 0.5) is 5.82 Å². The summed E-state index contributed by atoms with van der Waals surface area (Å²) in [4.78, 5) is 0. The lowest BCUT2D eigenvalue weighted by Crippen LogP contribution is -2.17. The number of nitrogens with zero attached hydrogens (tertiary/aromatic N) is 2. The summed E-state index contributed by atoms with van der Waals surface area (Å²) in [5.74, 6) is 0.470. The van der Waals surface area contributed by atoms with Crippen molar-refractivity contribution in [1.82, 2.24) is 10.2 Å². The molecule has 1 aromatic heterocycles. The Balaban J connectivity index is 2.26. The van der Waals surface area contributed by atoms with Gasteiger partial charge in [0.25, 0.3) is 0 Å². The van der Waals surface area contributed by atoms with E-state index in [4.69, 9.17) is 23.2 Å². The van der Waals surface area contributed by atoms with Crippen molar-refractivity contribution in [3.05, 3.63) is 56.8 Å². The number of aromatic amines is 1. The van der Waals surface area contributed by atoms with Gasteiger partial charge in [0.15, 0.2) is 5.82 Å². The molecule has 0 saturated heterocycles. The zero-order valence-electron chi connectivity index (χ0n) is 11.2. The summed E-state index contributed by atoms with van der Waals surface area (Å²) < 4.78 is 0. The van der Waals surface area contributed by atoms with Gasteiger partial charge in [-0.15, -0.1) is 0 Å². The van der Waals surface area contributed by atoms with Crippen molar-refractivity contribution in [2.24, 2.45) is 0 Å². The molecule has 3 rings (SSSR count). The zero-order valence-corrected chi connectivity index (χ0v) is 12.8. The lowest BCUT2D eigenvalue weighted by Gasteiger charge is -2.26. The third-order valence-electron chi connectivity index (χ3n) is 3.63. The van der Waals surface area contributed by atoms with E-state index in [-0.39, 0.29) is 5.92 Å². The predicted octanol–water partition coefficient (Wildman–Crippen LogP) is 4.46. The number of hydrogen-bond acceptors (Lipinski definition) is 3.